The molecule has 0 spiro atoms. The number of nitrogens with two attached hydrogens (primary N) is 1. The molecule has 2 unspecified atom stereocenters. The number of nitrogens with one attached hydrogen (secondary N) is 1. The lowest BCUT2D eigenvalue weighted by Crippen LogP contribution is -2.30. The number of rotatable bonds is 11. The van der Waals surface area contributed by atoms with Crippen LogP contribution in [0, 0.1) is 28.9 Å². The maximum Gasteiger partial charge on any atom is 0.405 e. The number of amides is 2. The van der Waals surface area contributed by atoms with E-state index in [-0.39, 0.29) is 46.8 Å². The second-order valence-corrected chi connectivity index (χ2v) is 8.81. The molecular formula is C26H22F4N4O6. The zero-order chi connectivity index (χ0) is 29.0. The fourth-order valence-corrected chi connectivity index (χ4v) is 3.68. The van der Waals surface area contributed by atoms with Crippen molar-refractivity contribution in [2.24, 2.45) is 11.7 Å². The normalized spacial score (nSPS) is 14.2. The van der Waals surface area contributed by atoms with Crippen molar-refractivity contribution in [2.45, 2.75) is 38.5 Å². The van der Waals surface area contributed by atoms with Crippen LogP contribution < -0.4 is 20.5 Å². The third-order valence-electron chi connectivity index (χ3n) is 5.79. The average Bonchev–Trinajstić information content (AvgIpc) is 3.61. The summed E-state index contributed by atoms with van der Waals surface area (Å²) in [7, 11) is 0. The van der Waals surface area contributed by atoms with Crippen molar-refractivity contribution >= 4 is 12.0 Å². The molecule has 3 N–H and O–H groups in total. The molecule has 1 saturated carbocycles. The number of halogens is 4. The van der Waals surface area contributed by atoms with Gasteiger partial charge in [-0.15, -0.1) is 0 Å². The molecule has 40 heavy (non-hydrogen) atoms. The van der Waals surface area contributed by atoms with Gasteiger partial charge in [0.05, 0.1) is 12.7 Å². The first-order valence-electron chi connectivity index (χ1n) is 11.9. The highest BCUT2D eigenvalue weighted by molar-refractivity contribution is 5.94. The van der Waals surface area contributed by atoms with Crippen molar-refractivity contribution in [2.75, 3.05) is 6.61 Å². The van der Waals surface area contributed by atoms with Crippen LogP contribution in [0.15, 0.2) is 40.8 Å². The monoisotopic (exact) mass is 562 g/mol. The molecule has 1 fully saturated rings. The van der Waals surface area contributed by atoms with Gasteiger partial charge in [-0.05, 0) is 49.9 Å². The van der Waals surface area contributed by atoms with Crippen LogP contribution in [-0.2, 0) is 4.74 Å². The summed E-state index contributed by atoms with van der Waals surface area (Å²) in [4.78, 5) is 28.7. The first-order chi connectivity index (χ1) is 19.0. The molecular weight excluding hydrogens is 540 g/mol. The number of carbonyl (C=O) groups is 2. The van der Waals surface area contributed by atoms with Crippen molar-refractivity contribution in [3.63, 3.8) is 0 Å². The molecule has 2 aromatic carbocycles. The average molecular weight is 562 g/mol. The fraction of sp³-hybridized carbons (Fsp3) is 0.308. The molecule has 0 radical (unpaired) electrons. The van der Waals surface area contributed by atoms with Gasteiger partial charge < -0.3 is 29.7 Å². The summed E-state index contributed by atoms with van der Waals surface area (Å²) in [6.45, 7) is -1.51. The zero-order valence-electron chi connectivity index (χ0n) is 20.8. The lowest BCUT2D eigenvalue weighted by atomic mass is 10.1. The lowest BCUT2D eigenvalue weighted by Gasteiger charge is -2.13. The Bertz CT molecular complexity index is 1450. The van der Waals surface area contributed by atoms with Crippen LogP contribution in [0.4, 0.5) is 22.4 Å². The van der Waals surface area contributed by atoms with Gasteiger partial charge >= 0.3 is 12.7 Å². The van der Waals surface area contributed by atoms with Gasteiger partial charge in [0, 0.05) is 17.2 Å². The quantitative estimate of drug-likeness (QED) is 0.304. The van der Waals surface area contributed by atoms with Crippen LogP contribution >= 0.6 is 0 Å². The first-order valence-corrected chi connectivity index (χ1v) is 11.9. The number of hydrogen-bond acceptors (Lipinski definition) is 8. The number of alkyl halides is 2. The van der Waals surface area contributed by atoms with E-state index in [0.29, 0.717) is 6.07 Å². The Morgan fingerprint density at radius 3 is 2.58 bits per heavy atom. The SMILES string of the molecule is CC(OC(N)=O)c1oc(-c2ccc(OC(F)F)c(OCC3CC3)c2)nc1C(=O)NC(C#N)c1ccc(F)cc1F. The van der Waals surface area contributed by atoms with Gasteiger partial charge in [-0.25, -0.2) is 18.6 Å². The standard InChI is InChI=1S/C26H22F4N4O6/c1-12(38-26(32)36)22-21(23(35)33-18(10-31)16-6-5-15(27)9-17(16)28)34-24(40-22)14-4-7-19(39-25(29)30)20(8-14)37-11-13-2-3-13/h4-9,12-13,18,25H,2-3,11H2,1H3,(H2,32,36)(H,33,35). The third kappa shape index (κ3) is 6.79. The second kappa shape index (κ2) is 11.9. The van der Waals surface area contributed by atoms with Crippen LogP contribution in [0.25, 0.3) is 11.5 Å². The van der Waals surface area contributed by atoms with Crippen LogP contribution in [0.2, 0.25) is 0 Å². The number of oxazole rings is 1. The molecule has 14 heteroatoms. The summed E-state index contributed by atoms with van der Waals surface area (Å²) in [5, 5.41) is 11.8. The maximum absolute atomic E-state index is 14.3. The summed E-state index contributed by atoms with van der Waals surface area (Å²) < 4.78 is 74.2. The number of aromatic nitrogens is 1. The van der Waals surface area contributed by atoms with Gasteiger partial charge in [-0.3, -0.25) is 4.79 Å². The predicted octanol–water partition coefficient (Wildman–Crippen LogP) is 5.16. The van der Waals surface area contributed by atoms with Gasteiger partial charge in [0.2, 0.25) is 5.89 Å². The summed E-state index contributed by atoms with van der Waals surface area (Å²) in [6.07, 6.45) is -0.551. The minimum Gasteiger partial charge on any atom is -0.489 e. The minimum atomic E-state index is -3.11. The van der Waals surface area contributed by atoms with E-state index in [1.807, 2.05) is 0 Å². The minimum absolute atomic E-state index is 0.0202. The van der Waals surface area contributed by atoms with E-state index in [1.165, 1.54) is 25.1 Å². The highest BCUT2D eigenvalue weighted by Crippen LogP contribution is 2.37. The lowest BCUT2D eigenvalue weighted by molar-refractivity contribution is -0.0515. The highest BCUT2D eigenvalue weighted by atomic mass is 19.3. The molecule has 4 rings (SSSR count). The van der Waals surface area contributed by atoms with Gasteiger partial charge in [-0.2, -0.15) is 14.0 Å². The molecule has 10 nitrogen and oxygen atoms in total. The van der Waals surface area contributed by atoms with Crippen LogP contribution in [-0.4, -0.2) is 30.2 Å². The number of nitriles is 1. The Hall–Kier alpha value is -4.80. The third-order valence-corrected chi connectivity index (χ3v) is 5.79. The van der Waals surface area contributed by atoms with Crippen molar-refractivity contribution in [3.8, 4) is 29.0 Å². The molecule has 0 bridgehead atoms. The molecule has 1 aliphatic rings. The van der Waals surface area contributed by atoms with E-state index in [9.17, 15) is 32.4 Å². The van der Waals surface area contributed by atoms with Crippen molar-refractivity contribution in [3.05, 3.63) is 65.1 Å². The number of nitrogens with zero attached hydrogens (tertiary/aromatic N) is 2. The van der Waals surface area contributed by atoms with E-state index in [2.05, 4.69) is 15.0 Å². The van der Waals surface area contributed by atoms with Crippen LogP contribution in [0.5, 0.6) is 11.5 Å². The van der Waals surface area contributed by atoms with Crippen molar-refractivity contribution < 1.29 is 45.8 Å². The summed E-state index contributed by atoms with van der Waals surface area (Å²) in [6, 6.07) is 6.48. The van der Waals surface area contributed by atoms with Gasteiger partial charge in [0.1, 0.15) is 17.7 Å². The van der Waals surface area contributed by atoms with E-state index in [4.69, 9.17) is 19.6 Å². The molecule has 1 aromatic heterocycles. The van der Waals surface area contributed by atoms with Gasteiger partial charge in [0.15, 0.2) is 29.1 Å². The Labute approximate surface area is 224 Å². The first kappa shape index (κ1) is 28.2. The largest absolute Gasteiger partial charge is 0.489 e. The molecule has 1 heterocycles. The molecule has 1 aliphatic carbocycles. The number of ether oxygens (including phenoxy) is 3. The summed E-state index contributed by atoms with van der Waals surface area (Å²) in [5.74, 6) is -3.42. The fourth-order valence-electron chi connectivity index (χ4n) is 3.68. The molecule has 0 saturated heterocycles. The Kier molecular flexibility index (Phi) is 8.42. The van der Waals surface area contributed by atoms with Crippen molar-refractivity contribution in [1.29, 1.82) is 5.26 Å². The van der Waals surface area contributed by atoms with E-state index in [0.717, 1.165) is 25.0 Å². The summed E-state index contributed by atoms with van der Waals surface area (Å²) >= 11 is 0. The number of hydrogen-bond donors (Lipinski definition) is 2. The van der Waals surface area contributed by atoms with Gasteiger partial charge in [-0.1, -0.05) is 6.07 Å². The molecule has 3 aromatic rings. The predicted molar refractivity (Wildman–Crippen MR) is 128 cm³/mol. The zero-order valence-corrected chi connectivity index (χ0v) is 20.8. The molecule has 2 atom stereocenters. The molecule has 0 aliphatic heterocycles. The highest BCUT2D eigenvalue weighted by Gasteiger charge is 2.30. The van der Waals surface area contributed by atoms with Crippen LogP contribution in [0.3, 0.4) is 0 Å². The van der Waals surface area contributed by atoms with Gasteiger partial charge in [0.25, 0.3) is 5.91 Å². The Morgan fingerprint density at radius 1 is 1.20 bits per heavy atom. The van der Waals surface area contributed by atoms with E-state index in [1.54, 1.807) is 6.07 Å². The van der Waals surface area contributed by atoms with E-state index < -0.39 is 48.1 Å². The van der Waals surface area contributed by atoms with Crippen molar-refractivity contribution in [1.82, 2.24) is 10.3 Å². The topological polar surface area (TPSA) is 150 Å². The summed E-state index contributed by atoms with van der Waals surface area (Å²) in [5.41, 5.74) is 4.52. The van der Waals surface area contributed by atoms with E-state index >= 15 is 0 Å². The number of carbonyl (C=O) groups excluding carboxylic acids is 2. The molecule has 210 valence electrons. The second-order valence-electron chi connectivity index (χ2n) is 8.81. The number of benzene rings is 2. The molecule has 2 amide bonds. The Balaban J connectivity index is 1.69. The maximum atomic E-state index is 14.3. The van der Waals surface area contributed by atoms with Crippen LogP contribution in [0.1, 0.15) is 53.7 Å². The number of primary amides is 1. The Morgan fingerprint density at radius 2 is 1.95 bits per heavy atom. The smallest absolute Gasteiger partial charge is 0.405 e.